The highest BCUT2D eigenvalue weighted by atomic mass is 32.1. The first-order chi connectivity index (χ1) is 7.93. The molecule has 0 saturated heterocycles. The fourth-order valence-electron chi connectivity index (χ4n) is 1.52. The Kier molecular flexibility index (Phi) is 4.27. The van der Waals surface area contributed by atoms with Crippen LogP contribution in [0, 0.1) is 6.92 Å². The van der Waals surface area contributed by atoms with Crippen molar-refractivity contribution < 1.29 is 4.79 Å². The molecule has 0 fully saturated rings. The van der Waals surface area contributed by atoms with Gasteiger partial charge in [-0.15, -0.1) is 0 Å². The molecule has 6 N–H and O–H groups in total. The maximum Gasteiger partial charge on any atom is 0.312 e. The average Bonchev–Trinajstić information content (AvgIpc) is 2.48. The van der Waals surface area contributed by atoms with Crippen molar-refractivity contribution in [2.24, 2.45) is 18.5 Å². The Labute approximate surface area is 105 Å². The number of urea groups is 1. The number of primary amides is 1. The van der Waals surface area contributed by atoms with Gasteiger partial charge in [0, 0.05) is 20.1 Å². The number of nitrogens with one attached hydrogen (secondary N) is 2. The molecule has 1 aromatic rings. The van der Waals surface area contributed by atoms with Crippen molar-refractivity contribution in [3.8, 4) is 0 Å². The summed E-state index contributed by atoms with van der Waals surface area (Å²) >= 11 is 4.97. The second-order valence-corrected chi connectivity index (χ2v) is 3.95. The predicted octanol–water partition coefficient (Wildman–Crippen LogP) is -0.557. The van der Waals surface area contributed by atoms with Crippen LogP contribution in [-0.4, -0.2) is 33.9 Å². The molecule has 1 rings (SSSR count). The highest BCUT2D eigenvalue weighted by Gasteiger charge is 2.14. The summed E-state index contributed by atoms with van der Waals surface area (Å²) in [6, 6.07) is -0.553. The number of nitrogens with two attached hydrogens (primary N) is 2. The number of nitrogens with zero attached hydrogens (tertiary/aromatic N) is 2. The Hall–Kier alpha value is -1.83. The summed E-state index contributed by atoms with van der Waals surface area (Å²) in [6.45, 7) is 2.76. The van der Waals surface area contributed by atoms with Crippen molar-refractivity contribution in [3.63, 3.8) is 0 Å². The van der Waals surface area contributed by atoms with E-state index in [1.54, 1.807) is 11.7 Å². The summed E-state index contributed by atoms with van der Waals surface area (Å²) in [7, 11) is 1.79. The molecule has 1 aromatic heterocycles. The molecular weight excluding hydrogens is 240 g/mol. The standard InChI is InChI=1S/C9H16N6OS/c1-5-6(7(10)17)8(15(2)14-5)12-3-4-13-9(11)16/h12H,3-4H2,1-2H3,(H2,10,17)(H3,11,13,16). The van der Waals surface area contributed by atoms with Gasteiger partial charge < -0.3 is 22.1 Å². The summed E-state index contributed by atoms with van der Waals surface area (Å²) in [5, 5.41) is 9.80. The van der Waals surface area contributed by atoms with Gasteiger partial charge in [-0.25, -0.2) is 4.79 Å². The van der Waals surface area contributed by atoms with Gasteiger partial charge in [0.25, 0.3) is 0 Å². The van der Waals surface area contributed by atoms with Crippen LogP contribution in [0.25, 0.3) is 0 Å². The molecule has 0 saturated carbocycles. The van der Waals surface area contributed by atoms with Gasteiger partial charge in [-0.05, 0) is 6.92 Å². The first-order valence-electron chi connectivity index (χ1n) is 5.04. The maximum atomic E-state index is 10.5. The third kappa shape index (κ3) is 3.31. The Morgan fingerprint density at radius 2 is 2.12 bits per heavy atom. The number of carbonyl (C=O) groups excluding carboxylic acids is 1. The molecule has 0 spiro atoms. The second-order valence-electron chi connectivity index (χ2n) is 3.51. The molecule has 0 atom stereocenters. The van der Waals surface area contributed by atoms with Gasteiger partial charge >= 0.3 is 6.03 Å². The molecule has 7 nitrogen and oxygen atoms in total. The number of amides is 2. The van der Waals surface area contributed by atoms with Gasteiger partial charge in [-0.3, -0.25) is 4.68 Å². The van der Waals surface area contributed by atoms with Crippen LogP contribution in [0.1, 0.15) is 11.3 Å². The number of aryl methyl sites for hydroxylation is 2. The molecule has 0 aliphatic heterocycles. The van der Waals surface area contributed by atoms with Gasteiger partial charge in [0.2, 0.25) is 0 Å². The number of aromatic nitrogens is 2. The minimum atomic E-state index is -0.553. The summed E-state index contributed by atoms with van der Waals surface area (Å²) in [5.74, 6) is 0.737. The van der Waals surface area contributed by atoms with E-state index < -0.39 is 6.03 Å². The highest BCUT2D eigenvalue weighted by molar-refractivity contribution is 7.80. The Morgan fingerprint density at radius 1 is 1.47 bits per heavy atom. The van der Waals surface area contributed by atoms with Crippen molar-refractivity contribution in [1.29, 1.82) is 0 Å². The van der Waals surface area contributed by atoms with Crippen LogP contribution in [0.15, 0.2) is 0 Å². The third-order valence-corrected chi connectivity index (χ3v) is 2.39. The van der Waals surface area contributed by atoms with Crippen molar-refractivity contribution >= 4 is 29.1 Å². The van der Waals surface area contributed by atoms with Gasteiger partial charge in [0.15, 0.2) is 0 Å². The molecule has 2 amide bonds. The molecule has 0 aliphatic rings. The lowest BCUT2D eigenvalue weighted by Gasteiger charge is -2.09. The van der Waals surface area contributed by atoms with E-state index in [0.717, 1.165) is 17.1 Å². The lowest BCUT2D eigenvalue weighted by molar-refractivity contribution is 0.249. The smallest absolute Gasteiger partial charge is 0.312 e. The lowest BCUT2D eigenvalue weighted by atomic mass is 10.2. The van der Waals surface area contributed by atoms with Crippen molar-refractivity contribution in [1.82, 2.24) is 15.1 Å². The van der Waals surface area contributed by atoms with Gasteiger partial charge in [-0.2, -0.15) is 5.10 Å². The number of hydrogen-bond acceptors (Lipinski definition) is 4. The SMILES string of the molecule is Cc1nn(C)c(NCCNC(N)=O)c1C(N)=S. The minimum Gasteiger partial charge on any atom is -0.389 e. The fraction of sp³-hybridized carbons (Fsp3) is 0.444. The van der Waals surface area contributed by atoms with Crippen LogP contribution in [0.5, 0.6) is 0 Å². The van der Waals surface area contributed by atoms with E-state index in [4.69, 9.17) is 23.7 Å². The van der Waals surface area contributed by atoms with Gasteiger partial charge in [0.05, 0.1) is 11.3 Å². The zero-order valence-electron chi connectivity index (χ0n) is 9.78. The van der Waals surface area contributed by atoms with E-state index in [0.29, 0.717) is 18.1 Å². The van der Waals surface area contributed by atoms with Gasteiger partial charge in [-0.1, -0.05) is 12.2 Å². The van der Waals surface area contributed by atoms with E-state index >= 15 is 0 Å². The molecule has 94 valence electrons. The Bertz CT molecular complexity index is 441. The summed E-state index contributed by atoms with van der Waals surface area (Å²) in [5.41, 5.74) is 12.1. The fourth-order valence-corrected chi connectivity index (χ4v) is 1.77. The quantitative estimate of drug-likeness (QED) is 0.417. The zero-order valence-corrected chi connectivity index (χ0v) is 10.6. The van der Waals surface area contributed by atoms with Crippen LogP contribution in [0.2, 0.25) is 0 Å². The van der Waals surface area contributed by atoms with E-state index in [-0.39, 0.29) is 0 Å². The number of anilines is 1. The van der Waals surface area contributed by atoms with Crippen molar-refractivity contribution in [3.05, 3.63) is 11.3 Å². The largest absolute Gasteiger partial charge is 0.389 e. The predicted molar refractivity (Wildman–Crippen MR) is 69.9 cm³/mol. The monoisotopic (exact) mass is 256 g/mol. The zero-order chi connectivity index (χ0) is 13.0. The van der Waals surface area contributed by atoms with Crippen molar-refractivity contribution in [2.45, 2.75) is 6.92 Å². The molecule has 1 heterocycles. The van der Waals surface area contributed by atoms with Crippen LogP contribution in [0.3, 0.4) is 0 Å². The summed E-state index contributed by atoms with van der Waals surface area (Å²) < 4.78 is 1.66. The normalized spacial score (nSPS) is 10.0. The molecule has 8 heteroatoms. The summed E-state index contributed by atoms with van der Waals surface area (Å²) in [6.07, 6.45) is 0. The number of rotatable bonds is 5. The van der Waals surface area contributed by atoms with Crippen LogP contribution >= 0.6 is 12.2 Å². The van der Waals surface area contributed by atoms with E-state index in [1.165, 1.54) is 0 Å². The van der Waals surface area contributed by atoms with E-state index in [2.05, 4.69) is 15.7 Å². The van der Waals surface area contributed by atoms with Crippen LogP contribution in [-0.2, 0) is 7.05 Å². The maximum absolute atomic E-state index is 10.5. The minimum absolute atomic E-state index is 0.293. The molecule has 0 aliphatic carbocycles. The first-order valence-corrected chi connectivity index (χ1v) is 5.45. The third-order valence-electron chi connectivity index (χ3n) is 2.19. The Morgan fingerprint density at radius 3 is 2.65 bits per heavy atom. The topological polar surface area (TPSA) is 111 Å². The molecule has 17 heavy (non-hydrogen) atoms. The Balaban J connectivity index is 2.70. The van der Waals surface area contributed by atoms with E-state index in [1.807, 2.05) is 6.92 Å². The lowest BCUT2D eigenvalue weighted by Crippen LogP contribution is -2.33. The number of thiocarbonyl (C=S) groups is 1. The van der Waals surface area contributed by atoms with Crippen LogP contribution < -0.4 is 22.1 Å². The van der Waals surface area contributed by atoms with E-state index in [9.17, 15) is 4.79 Å². The molecule has 0 unspecified atom stereocenters. The number of carbonyl (C=O) groups is 1. The summed E-state index contributed by atoms with van der Waals surface area (Å²) in [4.78, 5) is 10.8. The molecule has 0 radical (unpaired) electrons. The first kappa shape index (κ1) is 13.2. The molecule has 0 aromatic carbocycles. The molecular formula is C9H16N6OS. The highest BCUT2D eigenvalue weighted by Crippen LogP contribution is 2.17. The average molecular weight is 256 g/mol. The van der Waals surface area contributed by atoms with Gasteiger partial charge in [0.1, 0.15) is 10.8 Å². The second kappa shape index (κ2) is 5.48. The van der Waals surface area contributed by atoms with Crippen molar-refractivity contribution in [2.75, 3.05) is 18.4 Å². The van der Waals surface area contributed by atoms with Crippen LogP contribution in [0.4, 0.5) is 10.6 Å². The number of hydrogen-bond donors (Lipinski definition) is 4. The molecule has 0 bridgehead atoms.